The van der Waals surface area contributed by atoms with Crippen molar-refractivity contribution in [3.8, 4) is 11.8 Å². The number of fused-ring (bicyclic) bond motifs is 1. The van der Waals surface area contributed by atoms with Crippen LogP contribution in [-0.2, 0) is 18.4 Å². The molecule has 144 valence electrons. The maximum absolute atomic E-state index is 13.0. The molecule has 27 heavy (non-hydrogen) atoms. The standard InChI is InChI=1S/C18H24N6O3/c1-4-5-11-24-13-14(21-18(24)23-9-7-6-8-10-23)20-17(22(3)15(13)25)19-12(2)16(26)27/h12H,6-11H2,1-3H3,(H,19,20)(H,26,27)/t12-/m0/s1. The number of nitrogens with one attached hydrogen (secondary N) is 1. The first kappa shape index (κ1) is 18.8. The van der Waals surface area contributed by atoms with E-state index >= 15 is 0 Å². The first-order valence-electron chi connectivity index (χ1n) is 9.05. The number of hydrogen-bond acceptors (Lipinski definition) is 6. The van der Waals surface area contributed by atoms with Crippen LogP contribution < -0.4 is 15.8 Å². The Morgan fingerprint density at radius 1 is 1.30 bits per heavy atom. The summed E-state index contributed by atoms with van der Waals surface area (Å²) < 4.78 is 3.14. The quantitative estimate of drug-likeness (QED) is 0.755. The number of hydrogen-bond donors (Lipinski definition) is 2. The predicted molar refractivity (Wildman–Crippen MR) is 103 cm³/mol. The van der Waals surface area contributed by atoms with Crippen molar-refractivity contribution < 1.29 is 9.90 Å². The van der Waals surface area contributed by atoms with Gasteiger partial charge in [-0.1, -0.05) is 5.92 Å². The molecule has 3 heterocycles. The molecule has 0 amide bonds. The molecule has 1 aliphatic rings. The van der Waals surface area contributed by atoms with Crippen LogP contribution in [0.3, 0.4) is 0 Å². The Morgan fingerprint density at radius 2 is 2.00 bits per heavy atom. The zero-order valence-electron chi connectivity index (χ0n) is 15.8. The minimum atomic E-state index is -1.03. The van der Waals surface area contributed by atoms with Gasteiger partial charge in [0, 0.05) is 20.1 Å². The molecule has 2 aromatic rings. The zero-order chi connectivity index (χ0) is 19.6. The lowest BCUT2D eigenvalue weighted by Gasteiger charge is -2.27. The average molecular weight is 372 g/mol. The number of aromatic nitrogens is 4. The van der Waals surface area contributed by atoms with Crippen molar-refractivity contribution in [3.05, 3.63) is 10.4 Å². The third kappa shape index (κ3) is 3.60. The van der Waals surface area contributed by atoms with Gasteiger partial charge in [0.15, 0.2) is 11.2 Å². The molecule has 0 spiro atoms. The van der Waals surface area contributed by atoms with Gasteiger partial charge in [0.25, 0.3) is 5.56 Å². The number of carbonyl (C=O) groups is 1. The third-order valence-electron chi connectivity index (χ3n) is 4.73. The van der Waals surface area contributed by atoms with Gasteiger partial charge in [-0.25, -0.2) is 0 Å². The van der Waals surface area contributed by atoms with Gasteiger partial charge in [0.05, 0.1) is 6.54 Å². The summed E-state index contributed by atoms with van der Waals surface area (Å²) in [5.41, 5.74) is 0.403. The highest BCUT2D eigenvalue weighted by molar-refractivity contribution is 5.78. The van der Waals surface area contributed by atoms with Gasteiger partial charge in [-0.15, -0.1) is 5.92 Å². The van der Waals surface area contributed by atoms with Crippen LogP contribution in [0.2, 0.25) is 0 Å². The second kappa shape index (κ2) is 7.70. The lowest BCUT2D eigenvalue weighted by molar-refractivity contribution is -0.137. The highest BCUT2D eigenvalue weighted by atomic mass is 16.4. The highest BCUT2D eigenvalue weighted by Crippen LogP contribution is 2.23. The fraction of sp³-hybridized carbons (Fsp3) is 0.556. The summed E-state index contributed by atoms with van der Waals surface area (Å²) in [6.07, 6.45) is 3.35. The third-order valence-corrected chi connectivity index (χ3v) is 4.73. The van der Waals surface area contributed by atoms with Crippen LogP contribution >= 0.6 is 0 Å². The topological polar surface area (TPSA) is 105 Å². The van der Waals surface area contributed by atoms with Gasteiger partial charge in [0.1, 0.15) is 6.04 Å². The van der Waals surface area contributed by atoms with Gasteiger partial charge in [-0.3, -0.25) is 18.7 Å². The van der Waals surface area contributed by atoms with E-state index in [9.17, 15) is 9.59 Å². The van der Waals surface area contributed by atoms with E-state index in [2.05, 4.69) is 32.0 Å². The summed E-state index contributed by atoms with van der Waals surface area (Å²) >= 11 is 0. The molecule has 0 aromatic carbocycles. The van der Waals surface area contributed by atoms with E-state index in [0.29, 0.717) is 23.7 Å². The molecule has 2 aromatic heterocycles. The molecular weight excluding hydrogens is 348 g/mol. The summed E-state index contributed by atoms with van der Waals surface area (Å²) in [6.45, 7) is 5.36. The number of imidazole rings is 1. The zero-order valence-corrected chi connectivity index (χ0v) is 15.8. The molecule has 0 aliphatic carbocycles. The fourth-order valence-electron chi connectivity index (χ4n) is 3.18. The lowest BCUT2D eigenvalue weighted by atomic mass is 10.1. The van der Waals surface area contributed by atoms with E-state index in [1.165, 1.54) is 17.9 Å². The van der Waals surface area contributed by atoms with Gasteiger partial charge < -0.3 is 15.3 Å². The molecular formula is C18H24N6O3. The molecule has 0 radical (unpaired) electrons. The van der Waals surface area contributed by atoms with Crippen molar-refractivity contribution in [2.24, 2.45) is 7.05 Å². The van der Waals surface area contributed by atoms with E-state index in [0.717, 1.165) is 25.9 Å². The molecule has 1 atom stereocenters. The number of carboxylic acid groups (broad SMARTS) is 1. The Kier molecular flexibility index (Phi) is 5.35. The minimum Gasteiger partial charge on any atom is -0.480 e. The Labute approximate surface area is 157 Å². The molecule has 3 rings (SSSR count). The summed E-state index contributed by atoms with van der Waals surface area (Å²) in [7, 11) is 1.56. The number of piperidine rings is 1. The summed E-state index contributed by atoms with van der Waals surface area (Å²) in [6, 6.07) is -0.879. The van der Waals surface area contributed by atoms with Crippen LogP contribution in [0.1, 0.15) is 33.1 Å². The van der Waals surface area contributed by atoms with Crippen LogP contribution in [0.4, 0.5) is 11.9 Å². The molecule has 0 unspecified atom stereocenters. The van der Waals surface area contributed by atoms with Crippen LogP contribution in [0.25, 0.3) is 11.2 Å². The number of anilines is 2. The molecule has 0 bridgehead atoms. The highest BCUT2D eigenvalue weighted by Gasteiger charge is 2.23. The van der Waals surface area contributed by atoms with Crippen molar-refractivity contribution in [1.82, 2.24) is 19.1 Å². The Morgan fingerprint density at radius 3 is 2.63 bits per heavy atom. The first-order valence-corrected chi connectivity index (χ1v) is 9.05. The van der Waals surface area contributed by atoms with E-state index in [4.69, 9.17) is 5.11 Å². The van der Waals surface area contributed by atoms with Crippen molar-refractivity contribution in [1.29, 1.82) is 0 Å². The Balaban J connectivity index is 2.15. The maximum atomic E-state index is 13.0. The average Bonchev–Trinajstić information content (AvgIpc) is 3.03. The molecule has 1 fully saturated rings. The number of aliphatic carboxylic acids is 1. The summed E-state index contributed by atoms with van der Waals surface area (Å²) in [5.74, 6) is 5.72. The Hall–Kier alpha value is -3.02. The normalized spacial score (nSPS) is 15.3. The maximum Gasteiger partial charge on any atom is 0.325 e. The largest absolute Gasteiger partial charge is 0.480 e. The van der Waals surface area contributed by atoms with Crippen LogP contribution in [0.15, 0.2) is 4.79 Å². The van der Waals surface area contributed by atoms with Crippen LogP contribution in [0, 0.1) is 11.8 Å². The van der Waals surface area contributed by atoms with Crippen molar-refractivity contribution >= 4 is 29.0 Å². The van der Waals surface area contributed by atoms with Gasteiger partial charge >= 0.3 is 5.97 Å². The molecule has 0 saturated carbocycles. The minimum absolute atomic E-state index is 0.179. The molecule has 1 aliphatic heterocycles. The lowest BCUT2D eigenvalue weighted by Crippen LogP contribution is -2.32. The van der Waals surface area contributed by atoms with Crippen LogP contribution in [-0.4, -0.2) is 49.3 Å². The monoisotopic (exact) mass is 372 g/mol. The molecule has 1 saturated heterocycles. The molecule has 2 N–H and O–H groups in total. The van der Waals surface area contributed by atoms with Crippen molar-refractivity contribution in [2.75, 3.05) is 23.3 Å². The predicted octanol–water partition coefficient (Wildman–Crippen LogP) is 1.03. The number of nitrogens with zero attached hydrogens (tertiary/aromatic N) is 5. The van der Waals surface area contributed by atoms with E-state index in [-0.39, 0.29) is 11.5 Å². The Bertz CT molecular complexity index is 975. The van der Waals surface area contributed by atoms with E-state index < -0.39 is 12.0 Å². The smallest absolute Gasteiger partial charge is 0.325 e. The second-order valence-electron chi connectivity index (χ2n) is 6.65. The number of carboxylic acids is 1. The number of rotatable bonds is 5. The molecule has 9 nitrogen and oxygen atoms in total. The van der Waals surface area contributed by atoms with Gasteiger partial charge in [-0.2, -0.15) is 9.97 Å². The van der Waals surface area contributed by atoms with E-state index in [1.807, 2.05) is 4.57 Å². The first-order chi connectivity index (χ1) is 12.9. The molecule has 9 heteroatoms. The van der Waals surface area contributed by atoms with Crippen molar-refractivity contribution in [2.45, 2.75) is 45.7 Å². The van der Waals surface area contributed by atoms with Gasteiger partial charge in [-0.05, 0) is 33.1 Å². The fourth-order valence-corrected chi connectivity index (χ4v) is 3.18. The van der Waals surface area contributed by atoms with E-state index in [1.54, 1.807) is 14.0 Å². The van der Waals surface area contributed by atoms with Gasteiger partial charge in [0.2, 0.25) is 11.9 Å². The second-order valence-corrected chi connectivity index (χ2v) is 6.65. The van der Waals surface area contributed by atoms with Crippen LogP contribution in [0.5, 0.6) is 0 Å². The summed E-state index contributed by atoms with van der Waals surface area (Å²) in [4.78, 5) is 35.3. The SMILES string of the molecule is CC#CCn1c(N2CCCCC2)nc2nc(N[C@@H](C)C(=O)O)n(C)c(=O)c21. The van der Waals surface area contributed by atoms with Crippen molar-refractivity contribution in [3.63, 3.8) is 0 Å². The summed E-state index contributed by atoms with van der Waals surface area (Å²) in [5, 5.41) is 11.9.